The fraction of sp³-hybridized carbons (Fsp3) is 0.208. The first kappa shape index (κ1) is 18.7. The zero-order valence-corrected chi connectivity index (χ0v) is 16.0. The standard InChI is InChI=1S/C24H25NO2/c1-17-14-18(2)19(3)22(15-17)27-16-23(26)25-24(20-10-6-4-7-11-20)21-12-8-5-9-13-21/h4-15,24H,16H2,1-3H3,(H,25,26). The highest BCUT2D eigenvalue weighted by atomic mass is 16.5. The van der Waals surface area contributed by atoms with Gasteiger partial charge in [-0.2, -0.15) is 0 Å². The van der Waals surface area contributed by atoms with Crippen molar-refractivity contribution in [3.63, 3.8) is 0 Å². The summed E-state index contributed by atoms with van der Waals surface area (Å²) in [5.74, 6) is 0.616. The van der Waals surface area contributed by atoms with E-state index in [-0.39, 0.29) is 18.6 Å². The van der Waals surface area contributed by atoms with E-state index in [2.05, 4.69) is 18.3 Å². The summed E-state index contributed by atoms with van der Waals surface area (Å²) >= 11 is 0. The van der Waals surface area contributed by atoms with Crippen molar-refractivity contribution < 1.29 is 9.53 Å². The predicted octanol–water partition coefficient (Wildman–Crippen LogP) is 4.90. The first-order valence-corrected chi connectivity index (χ1v) is 9.14. The molecule has 3 aromatic carbocycles. The second-order valence-electron chi connectivity index (χ2n) is 6.82. The second-order valence-corrected chi connectivity index (χ2v) is 6.82. The van der Waals surface area contributed by atoms with Gasteiger partial charge in [-0.25, -0.2) is 0 Å². The number of amides is 1. The largest absolute Gasteiger partial charge is 0.483 e. The summed E-state index contributed by atoms with van der Waals surface area (Å²) in [5.41, 5.74) is 5.44. The number of rotatable bonds is 6. The van der Waals surface area contributed by atoms with Gasteiger partial charge in [0.15, 0.2) is 6.61 Å². The highest BCUT2D eigenvalue weighted by Gasteiger charge is 2.17. The van der Waals surface area contributed by atoms with E-state index >= 15 is 0 Å². The predicted molar refractivity (Wildman–Crippen MR) is 109 cm³/mol. The van der Waals surface area contributed by atoms with Crippen LogP contribution in [-0.4, -0.2) is 12.5 Å². The van der Waals surface area contributed by atoms with E-state index in [0.717, 1.165) is 33.6 Å². The molecule has 1 N–H and O–H groups in total. The molecule has 3 nitrogen and oxygen atoms in total. The minimum Gasteiger partial charge on any atom is -0.483 e. The molecule has 0 fully saturated rings. The van der Waals surface area contributed by atoms with Gasteiger partial charge < -0.3 is 10.1 Å². The van der Waals surface area contributed by atoms with Gasteiger partial charge in [-0.3, -0.25) is 4.79 Å². The van der Waals surface area contributed by atoms with Gasteiger partial charge in [0.25, 0.3) is 5.91 Å². The van der Waals surface area contributed by atoms with Crippen LogP contribution >= 0.6 is 0 Å². The third-order valence-electron chi connectivity index (χ3n) is 4.69. The smallest absolute Gasteiger partial charge is 0.258 e. The number of carbonyl (C=O) groups is 1. The molecule has 0 aliphatic rings. The molecule has 0 aliphatic carbocycles. The van der Waals surface area contributed by atoms with Crippen molar-refractivity contribution in [2.24, 2.45) is 0 Å². The minimum absolute atomic E-state index is 0.0140. The molecule has 27 heavy (non-hydrogen) atoms. The topological polar surface area (TPSA) is 38.3 Å². The van der Waals surface area contributed by atoms with Crippen LogP contribution in [0.2, 0.25) is 0 Å². The molecule has 0 saturated carbocycles. The molecule has 0 unspecified atom stereocenters. The third kappa shape index (κ3) is 4.76. The number of carbonyl (C=O) groups excluding carboxylic acids is 1. The Labute approximate surface area is 161 Å². The van der Waals surface area contributed by atoms with Gasteiger partial charge in [-0.05, 0) is 54.7 Å². The molecule has 3 heteroatoms. The molecule has 1 amide bonds. The van der Waals surface area contributed by atoms with E-state index in [0.29, 0.717) is 0 Å². The minimum atomic E-state index is -0.205. The van der Waals surface area contributed by atoms with Crippen LogP contribution in [0.25, 0.3) is 0 Å². The van der Waals surface area contributed by atoms with Crippen LogP contribution in [0, 0.1) is 20.8 Å². The molecular formula is C24H25NO2. The molecular weight excluding hydrogens is 334 g/mol. The van der Waals surface area contributed by atoms with Gasteiger partial charge in [0.05, 0.1) is 6.04 Å². The Balaban J connectivity index is 1.74. The summed E-state index contributed by atoms with van der Waals surface area (Å²) in [4.78, 5) is 12.6. The highest BCUT2D eigenvalue weighted by molar-refractivity contribution is 5.78. The first-order chi connectivity index (χ1) is 13.0. The van der Waals surface area contributed by atoms with Crippen molar-refractivity contribution in [3.8, 4) is 5.75 Å². The Kier molecular flexibility index (Phi) is 5.92. The highest BCUT2D eigenvalue weighted by Crippen LogP contribution is 2.24. The van der Waals surface area contributed by atoms with Gasteiger partial charge in [0.1, 0.15) is 5.75 Å². The summed E-state index contributed by atoms with van der Waals surface area (Å²) < 4.78 is 5.82. The van der Waals surface area contributed by atoms with E-state index in [9.17, 15) is 4.79 Å². The fourth-order valence-electron chi connectivity index (χ4n) is 3.15. The average Bonchev–Trinajstić information content (AvgIpc) is 2.69. The van der Waals surface area contributed by atoms with E-state index in [1.807, 2.05) is 80.6 Å². The van der Waals surface area contributed by atoms with Crippen LogP contribution < -0.4 is 10.1 Å². The van der Waals surface area contributed by atoms with E-state index < -0.39 is 0 Å². The van der Waals surface area contributed by atoms with E-state index in [1.54, 1.807) is 0 Å². The molecule has 0 aromatic heterocycles. The number of hydrogen-bond acceptors (Lipinski definition) is 2. The Hall–Kier alpha value is -3.07. The van der Waals surface area contributed by atoms with Crippen LogP contribution in [0.15, 0.2) is 72.8 Å². The monoisotopic (exact) mass is 359 g/mol. The summed E-state index contributed by atoms with van der Waals surface area (Å²) in [6.45, 7) is 6.08. The summed E-state index contributed by atoms with van der Waals surface area (Å²) in [7, 11) is 0. The molecule has 0 spiro atoms. The van der Waals surface area contributed by atoms with Crippen LogP contribution in [0.1, 0.15) is 33.9 Å². The van der Waals surface area contributed by atoms with E-state index in [4.69, 9.17) is 4.74 Å². The van der Waals surface area contributed by atoms with Crippen molar-refractivity contribution in [2.45, 2.75) is 26.8 Å². The molecule has 3 aromatic rings. The van der Waals surface area contributed by atoms with Gasteiger partial charge in [-0.15, -0.1) is 0 Å². The third-order valence-corrected chi connectivity index (χ3v) is 4.69. The van der Waals surface area contributed by atoms with Gasteiger partial charge in [0.2, 0.25) is 0 Å². The molecule has 3 rings (SSSR count). The quantitative estimate of drug-likeness (QED) is 0.680. The normalized spacial score (nSPS) is 10.7. The lowest BCUT2D eigenvalue weighted by Crippen LogP contribution is -2.33. The number of hydrogen-bond donors (Lipinski definition) is 1. The lowest BCUT2D eigenvalue weighted by Gasteiger charge is -2.20. The first-order valence-electron chi connectivity index (χ1n) is 9.14. The Morgan fingerprint density at radius 3 is 2.00 bits per heavy atom. The zero-order valence-electron chi connectivity index (χ0n) is 16.0. The summed E-state index contributed by atoms with van der Waals surface area (Å²) in [6, 6.07) is 23.8. The second kappa shape index (κ2) is 8.54. The van der Waals surface area contributed by atoms with Crippen LogP contribution in [0.4, 0.5) is 0 Å². The van der Waals surface area contributed by atoms with Crippen molar-refractivity contribution in [3.05, 3.63) is 101 Å². The van der Waals surface area contributed by atoms with Crippen molar-refractivity contribution in [2.75, 3.05) is 6.61 Å². The van der Waals surface area contributed by atoms with Gasteiger partial charge in [-0.1, -0.05) is 66.7 Å². The number of ether oxygens (including phenoxy) is 1. The lowest BCUT2D eigenvalue weighted by molar-refractivity contribution is -0.123. The van der Waals surface area contributed by atoms with Crippen molar-refractivity contribution in [1.29, 1.82) is 0 Å². The Bertz CT molecular complexity index is 865. The number of benzene rings is 3. The van der Waals surface area contributed by atoms with Crippen LogP contribution in [-0.2, 0) is 4.79 Å². The maximum Gasteiger partial charge on any atom is 0.258 e. The molecule has 138 valence electrons. The van der Waals surface area contributed by atoms with Crippen molar-refractivity contribution >= 4 is 5.91 Å². The number of nitrogens with one attached hydrogen (secondary N) is 1. The Morgan fingerprint density at radius 1 is 0.889 bits per heavy atom. The molecule has 0 radical (unpaired) electrons. The van der Waals surface area contributed by atoms with Gasteiger partial charge in [0, 0.05) is 0 Å². The molecule has 0 aliphatic heterocycles. The molecule has 0 saturated heterocycles. The number of aryl methyl sites for hydroxylation is 2. The molecule has 0 heterocycles. The SMILES string of the molecule is Cc1cc(C)c(C)c(OCC(=O)NC(c2ccccc2)c2ccccc2)c1. The molecule has 0 bridgehead atoms. The zero-order chi connectivity index (χ0) is 19.2. The Morgan fingerprint density at radius 2 is 1.44 bits per heavy atom. The van der Waals surface area contributed by atoms with E-state index in [1.165, 1.54) is 0 Å². The van der Waals surface area contributed by atoms with Crippen molar-refractivity contribution in [1.82, 2.24) is 5.32 Å². The molecule has 0 atom stereocenters. The maximum atomic E-state index is 12.6. The lowest BCUT2D eigenvalue weighted by atomic mass is 9.99. The average molecular weight is 359 g/mol. The summed E-state index contributed by atoms with van der Waals surface area (Å²) in [5, 5.41) is 3.10. The van der Waals surface area contributed by atoms with Gasteiger partial charge >= 0.3 is 0 Å². The maximum absolute atomic E-state index is 12.6. The summed E-state index contributed by atoms with van der Waals surface area (Å²) in [6.07, 6.45) is 0. The van der Waals surface area contributed by atoms with Crippen LogP contribution in [0.3, 0.4) is 0 Å². The fourth-order valence-corrected chi connectivity index (χ4v) is 3.15. The van der Waals surface area contributed by atoms with Crippen LogP contribution in [0.5, 0.6) is 5.75 Å².